The number of aromatic amines is 1. The number of H-pyrrole nitrogens is 1. The predicted molar refractivity (Wildman–Crippen MR) is 105 cm³/mol. The van der Waals surface area contributed by atoms with E-state index in [9.17, 15) is 4.79 Å². The van der Waals surface area contributed by atoms with E-state index in [1.165, 1.54) is 6.42 Å². The van der Waals surface area contributed by atoms with E-state index in [1.807, 2.05) is 18.7 Å². The number of nitrogens with zero attached hydrogens (tertiary/aromatic N) is 1. The Kier molecular flexibility index (Phi) is 12.9. The second-order valence-electron chi connectivity index (χ2n) is 8.49. The number of hydrogen-bond donors (Lipinski definition) is 3. The third-order valence-electron chi connectivity index (χ3n) is 3.37. The van der Waals surface area contributed by atoms with E-state index in [0.29, 0.717) is 5.41 Å². The summed E-state index contributed by atoms with van der Waals surface area (Å²) in [5.41, 5.74) is 0.389. The molecule has 2 amide bonds. The smallest absolute Gasteiger partial charge is 0.314 e. The number of unbranched alkanes of at least 4 members (excludes halogenated alkanes) is 2. The summed E-state index contributed by atoms with van der Waals surface area (Å²) in [7, 11) is 0. The molecule has 3 N–H and O–H groups in total. The molecule has 1 heterocycles. The van der Waals surface area contributed by atoms with Crippen LogP contribution in [-0.2, 0) is 6.54 Å². The number of aromatic nitrogens is 2. The Balaban J connectivity index is 0.00000129. The van der Waals surface area contributed by atoms with Crippen LogP contribution in [0.1, 0.15) is 73.6 Å². The summed E-state index contributed by atoms with van der Waals surface area (Å²) in [4.78, 5) is 14.6. The van der Waals surface area contributed by atoms with E-state index in [4.69, 9.17) is 0 Å². The Hall–Kier alpha value is -1.52. The Labute approximate surface area is 155 Å². The van der Waals surface area contributed by atoms with Crippen molar-refractivity contribution in [1.82, 2.24) is 15.6 Å². The fraction of sp³-hybridized carbons (Fsp3) is 0.800. The molecule has 0 aliphatic rings. The van der Waals surface area contributed by atoms with E-state index in [-0.39, 0.29) is 6.03 Å². The number of hydrogen-bond acceptors (Lipinski definition) is 1. The minimum absolute atomic E-state index is 0.0416. The van der Waals surface area contributed by atoms with Crippen molar-refractivity contribution >= 4 is 6.03 Å². The van der Waals surface area contributed by atoms with Gasteiger partial charge in [-0.15, -0.1) is 0 Å². The maximum absolute atomic E-state index is 11.6. The molecule has 25 heavy (non-hydrogen) atoms. The maximum Gasteiger partial charge on any atom is 0.314 e. The number of rotatable bonds is 9. The first kappa shape index (κ1) is 23.5. The van der Waals surface area contributed by atoms with Gasteiger partial charge in [-0.25, -0.2) is 9.36 Å². The Morgan fingerprint density at radius 3 is 2.08 bits per heavy atom. The van der Waals surface area contributed by atoms with E-state index in [1.54, 1.807) is 0 Å². The average Bonchev–Trinajstić information content (AvgIpc) is 2.98. The average molecular weight is 354 g/mol. The van der Waals surface area contributed by atoms with Crippen LogP contribution in [0.25, 0.3) is 0 Å². The molecule has 5 heteroatoms. The molecule has 146 valence electrons. The van der Waals surface area contributed by atoms with Crippen molar-refractivity contribution in [3.8, 4) is 0 Å². The summed E-state index contributed by atoms with van der Waals surface area (Å²) in [6.07, 6.45) is 11.3. The zero-order chi connectivity index (χ0) is 19.1. The lowest BCUT2D eigenvalue weighted by molar-refractivity contribution is -0.696. The third-order valence-corrected chi connectivity index (χ3v) is 3.37. The molecule has 0 aliphatic carbocycles. The van der Waals surface area contributed by atoms with Crippen LogP contribution in [0.2, 0.25) is 0 Å². The van der Waals surface area contributed by atoms with Crippen molar-refractivity contribution in [1.29, 1.82) is 0 Å². The van der Waals surface area contributed by atoms with Gasteiger partial charge in [-0.3, -0.25) is 4.98 Å². The third kappa shape index (κ3) is 18.7. The Morgan fingerprint density at radius 2 is 1.60 bits per heavy atom. The lowest BCUT2D eigenvalue weighted by Crippen LogP contribution is -2.37. The molecule has 0 fully saturated rings. The molecule has 0 spiro atoms. The summed E-state index contributed by atoms with van der Waals surface area (Å²) in [6.45, 7) is 15.7. The van der Waals surface area contributed by atoms with Gasteiger partial charge in [0.15, 0.2) is 0 Å². The molecule has 1 aromatic rings. The van der Waals surface area contributed by atoms with Gasteiger partial charge < -0.3 is 10.6 Å². The first-order valence-corrected chi connectivity index (χ1v) is 9.74. The number of amides is 2. The standard InChI is InChI=1S/C16H30N4O.C4H10/c1-16(2,3)8-4-5-9-18-15(21)19-10-6-7-12-20-13-11-17-14-20;1-4(2)3/h11,13-14H,4-10,12H2,1-3H3,(H2,18,19,21);4H,1-3H3/p+1. The van der Waals surface area contributed by atoms with Gasteiger partial charge in [0.25, 0.3) is 0 Å². The van der Waals surface area contributed by atoms with Crippen molar-refractivity contribution < 1.29 is 9.36 Å². The molecule has 0 aliphatic heterocycles. The summed E-state index contributed by atoms with van der Waals surface area (Å²) in [6, 6.07) is -0.0416. The van der Waals surface area contributed by atoms with Crippen LogP contribution in [0, 0.1) is 11.3 Å². The fourth-order valence-corrected chi connectivity index (χ4v) is 2.13. The molecular weight excluding hydrogens is 312 g/mol. The van der Waals surface area contributed by atoms with Crippen molar-refractivity contribution in [2.75, 3.05) is 13.1 Å². The van der Waals surface area contributed by atoms with Crippen molar-refractivity contribution in [3.05, 3.63) is 18.7 Å². The van der Waals surface area contributed by atoms with Crippen LogP contribution in [0.3, 0.4) is 0 Å². The molecule has 0 radical (unpaired) electrons. The SMILES string of the molecule is CC(C)(C)CCCCNC(=O)NCCCC[n+]1cc[nH]c1.CC(C)C. The molecule has 0 unspecified atom stereocenters. The van der Waals surface area contributed by atoms with Gasteiger partial charge in [0.2, 0.25) is 6.33 Å². The monoisotopic (exact) mass is 353 g/mol. The molecular formula is C20H41N4O+. The van der Waals surface area contributed by atoms with Crippen molar-refractivity contribution in [2.24, 2.45) is 11.3 Å². The van der Waals surface area contributed by atoms with E-state index < -0.39 is 0 Å². The van der Waals surface area contributed by atoms with Gasteiger partial charge in [0.1, 0.15) is 12.4 Å². The largest absolute Gasteiger partial charge is 0.338 e. The quantitative estimate of drug-likeness (QED) is 0.451. The summed E-state index contributed by atoms with van der Waals surface area (Å²) in [5.74, 6) is 0.833. The van der Waals surface area contributed by atoms with E-state index in [2.05, 4.69) is 61.7 Å². The van der Waals surface area contributed by atoms with Gasteiger partial charge in [0, 0.05) is 13.1 Å². The lowest BCUT2D eigenvalue weighted by Gasteiger charge is -2.17. The minimum Gasteiger partial charge on any atom is -0.338 e. The van der Waals surface area contributed by atoms with Gasteiger partial charge in [-0.2, -0.15) is 0 Å². The van der Waals surface area contributed by atoms with Gasteiger partial charge in [0.05, 0.1) is 6.54 Å². The summed E-state index contributed by atoms with van der Waals surface area (Å²) in [5, 5.41) is 5.82. The zero-order valence-electron chi connectivity index (χ0n) is 17.3. The number of carbonyl (C=O) groups is 1. The molecule has 1 rings (SSSR count). The molecule has 0 atom stereocenters. The molecule has 0 aromatic carbocycles. The molecule has 1 aromatic heterocycles. The maximum atomic E-state index is 11.6. The van der Waals surface area contributed by atoms with Crippen LogP contribution < -0.4 is 15.2 Å². The van der Waals surface area contributed by atoms with Crippen LogP contribution >= 0.6 is 0 Å². The lowest BCUT2D eigenvalue weighted by atomic mass is 9.90. The summed E-state index contributed by atoms with van der Waals surface area (Å²) < 4.78 is 2.11. The first-order chi connectivity index (χ1) is 11.7. The second-order valence-corrected chi connectivity index (χ2v) is 8.49. The van der Waals surface area contributed by atoms with E-state index in [0.717, 1.165) is 51.2 Å². The van der Waals surface area contributed by atoms with Crippen molar-refractivity contribution in [2.45, 2.75) is 80.2 Å². The summed E-state index contributed by atoms with van der Waals surface area (Å²) >= 11 is 0. The molecule has 0 bridgehead atoms. The number of carbonyl (C=O) groups excluding carboxylic acids is 1. The Bertz CT molecular complexity index is 419. The topological polar surface area (TPSA) is 60.8 Å². The fourth-order valence-electron chi connectivity index (χ4n) is 2.13. The molecule has 5 nitrogen and oxygen atoms in total. The van der Waals surface area contributed by atoms with Crippen LogP contribution in [0.15, 0.2) is 18.7 Å². The second kappa shape index (κ2) is 13.7. The normalized spacial score (nSPS) is 11.0. The highest BCUT2D eigenvalue weighted by atomic mass is 16.2. The predicted octanol–water partition coefficient (Wildman–Crippen LogP) is 4.26. The number of aryl methyl sites for hydroxylation is 1. The number of imidazole rings is 1. The Morgan fingerprint density at radius 1 is 1.04 bits per heavy atom. The van der Waals surface area contributed by atoms with Crippen LogP contribution in [-0.4, -0.2) is 24.1 Å². The zero-order valence-corrected chi connectivity index (χ0v) is 17.3. The van der Waals surface area contributed by atoms with E-state index >= 15 is 0 Å². The van der Waals surface area contributed by atoms with Crippen molar-refractivity contribution in [3.63, 3.8) is 0 Å². The van der Waals surface area contributed by atoms with Gasteiger partial charge in [-0.1, -0.05) is 48.0 Å². The number of urea groups is 1. The highest BCUT2D eigenvalue weighted by Crippen LogP contribution is 2.21. The minimum atomic E-state index is -0.0416. The number of nitrogens with one attached hydrogen (secondary N) is 3. The highest BCUT2D eigenvalue weighted by molar-refractivity contribution is 5.73. The van der Waals surface area contributed by atoms with Crippen LogP contribution in [0.5, 0.6) is 0 Å². The van der Waals surface area contributed by atoms with Gasteiger partial charge in [-0.05, 0) is 37.0 Å². The molecule has 0 saturated carbocycles. The van der Waals surface area contributed by atoms with Gasteiger partial charge >= 0.3 is 6.03 Å². The van der Waals surface area contributed by atoms with Crippen LogP contribution in [0.4, 0.5) is 4.79 Å². The molecule has 0 saturated heterocycles. The highest BCUT2D eigenvalue weighted by Gasteiger charge is 2.08. The first-order valence-electron chi connectivity index (χ1n) is 9.74.